The van der Waals surface area contributed by atoms with Crippen LogP contribution in [0, 0.1) is 0 Å². The molecule has 3 aliphatic heterocycles. The number of hydrogen-bond acceptors (Lipinski definition) is 7. The lowest BCUT2D eigenvalue weighted by Crippen LogP contribution is -2.66. The van der Waals surface area contributed by atoms with Crippen molar-refractivity contribution in [2.75, 3.05) is 13.9 Å². The van der Waals surface area contributed by atoms with E-state index in [4.69, 9.17) is 28.4 Å². The van der Waals surface area contributed by atoms with E-state index in [1.54, 1.807) is 7.11 Å². The summed E-state index contributed by atoms with van der Waals surface area (Å²) in [5, 5.41) is 2.38. The van der Waals surface area contributed by atoms with E-state index < -0.39 is 16.8 Å². The van der Waals surface area contributed by atoms with Crippen LogP contribution in [0.5, 0.6) is 0 Å². The number of esters is 1. The monoisotopic (exact) mass is 524 g/mol. The highest BCUT2D eigenvalue weighted by Gasteiger charge is 2.61. The van der Waals surface area contributed by atoms with Crippen LogP contribution in [0.1, 0.15) is 58.4 Å². The summed E-state index contributed by atoms with van der Waals surface area (Å²) in [4.78, 5) is 12.1. The molecule has 3 saturated heterocycles. The number of ether oxygens (including phenoxy) is 6. The quantitative estimate of drug-likeness (QED) is 0.244. The normalized spacial score (nSPS) is 35.7. The van der Waals surface area contributed by atoms with Gasteiger partial charge in [-0.25, -0.2) is 0 Å². The smallest absolute Gasteiger partial charge is 0.309 e. The van der Waals surface area contributed by atoms with Crippen LogP contribution in [-0.2, 0) is 39.8 Å². The minimum atomic E-state index is -0.784. The third kappa shape index (κ3) is 5.15. The summed E-state index contributed by atoms with van der Waals surface area (Å²) in [5.41, 5.74) is -1.03. The molecule has 0 radical (unpaired) electrons. The summed E-state index contributed by atoms with van der Waals surface area (Å²) in [5.74, 6) is -0.207. The Bertz CT molecular complexity index is 1170. The Labute approximate surface area is 225 Å². The highest BCUT2D eigenvalue weighted by atomic mass is 16.7. The van der Waals surface area contributed by atoms with Gasteiger partial charge in [0.05, 0.1) is 36.9 Å². The van der Waals surface area contributed by atoms with Crippen molar-refractivity contribution in [2.24, 2.45) is 0 Å². The van der Waals surface area contributed by atoms with Gasteiger partial charge in [-0.05, 0) is 62.4 Å². The van der Waals surface area contributed by atoms with Crippen LogP contribution in [0.15, 0.2) is 55.1 Å². The Hall–Kier alpha value is -2.29. The molecule has 0 aliphatic carbocycles. The number of benzene rings is 2. The lowest BCUT2D eigenvalue weighted by Gasteiger charge is -2.55. The number of fused-ring (bicyclic) bond motifs is 3. The Morgan fingerprint density at radius 2 is 1.84 bits per heavy atom. The molecule has 5 rings (SSSR count). The molecule has 7 heteroatoms. The minimum absolute atomic E-state index is 0.122. The number of carbonyl (C=O) groups excluding carboxylic acids is 1. The molecule has 0 saturated carbocycles. The van der Waals surface area contributed by atoms with E-state index in [0.717, 1.165) is 5.56 Å². The molecule has 0 N–H and O–H groups in total. The van der Waals surface area contributed by atoms with Crippen LogP contribution < -0.4 is 0 Å². The van der Waals surface area contributed by atoms with Gasteiger partial charge < -0.3 is 28.4 Å². The zero-order chi connectivity index (χ0) is 27.0. The molecule has 7 nitrogen and oxygen atoms in total. The van der Waals surface area contributed by atoms with Crippen molar-refractivity contribution in [2.45, 2.75) is 101 Å². The first-order chi connectivity index (χ1) is 18.2. The van der Waals surface area contributed by atoms with Crippen LogP contribution in [-0.4, -0.2) is 61.1 Å². The van der Waals surface area contributed by atoms with Gasteiger partial charge in [0.1, 0.15) is 24.1 Å². The molecule has 3 aliphatic rings. The number of rotatable bonds is 9. The molecule has 3 heterocycles. The van der Waals surface area contributed by atoms with Crippen LogP contribution in [0.25, 0.3) is 10.8 Å². The van der Waals surface area contributed by atoms with Gasteiger partial charge in [0.25, 0.3) is 0 Å². The van der Waals surface area contributed by atoms with Gasteiger partial charge >= 0.3 is 5.97 Å². The standard InChI is InChI=1S/C31H40O7/c1-6-9-26(34-19-21-12-13-22-10-7-8-11-23(22)16-21)31(4)27(35-20-33-5)17-29(2)25(37-31)15-14-24-30(3,38-29)18-28(32)36-24/h6-8,10-13,16,24-27H,1,9,14-15,17-20H2,2-5H3/t24-,25+,26-,27+,29-,30+,31-/m0/s1. The fourth-order valence-electron chi connectivity index (χ4n) is 6.51. The first-order valence-corrected chi connectivity index (χ1v) is 13.6. The second-order valence-corrected chi connectivity index (χ2v) is 11.5. The third-order valence-corrected chi connectivity index (χ3v) is 8.59. The van der Waals surface area contributed by atoms with Crippen molar-refractivity contribution >= 4 is 16.7 Å². The second kappa shape index (κ2) is 10.7. The van der Waals surface area contributed by atoms with E-state index in [0.29, 0.717) is 32.3 Å². The summed E-state index contributed by atoms with van der Waals surface area (Å²) in [6.07, 6.45) is 3.50. The Morgan fingerprint density at radius 3 is 2.61 bits per heavy atom. The molecule has 0 aromatic heterocycles. The summed E-state index contributed by atoms with van der Waals surface area (Å²) < 4.78 is 37.5. The molecule has 0 amide bonds. The fourth-order valence-corrected chi connectivity index (χ4v) is 6.51. The molecular weight excluding hydrogens is 484 g/mol. The SMILES string of the molecule is C=CC[C@H](OCc1ccc2ccccc2c1)[C@]1(C)O[C@@H]2CC[C@@H]3OC(=O)C[C@@]3(C)O[C@@]2(C)C[C@H]1OCOC. The number of carbonyl (C=O) groups is 1. The molecule has 0 bridgehead atoms. The molecule has 38 heavy (non-hydrogen) atoms. The zero-order valence-corrected chi connectivity index (χ0v) is 22.9. The largest absolute Gasteiger partial charge is 0.459 e. The Kier molecular flexibility index (Phi) is 7.68. The summed E-state index contributed by atoms with van der Waals surface area (Å²) in [6.45, 7) is 10.7. The van der Waals surface area contributed by atoms with Gasteiger partial charge in [-0.1, -0.05) is 42.5 Å². The van der Waals surface area contributed by atoms with Crippen LogP contribution in [0.2, 0.25) is 0 Å². The van der Waals surface area contributed by atoms with E-state index >= 15 is 0 Å². The first-order valence-electron chi connectivity index (χ1n) is 13.6. The molecule has 7 atom stereocenters. The van der Waals surface area contributed by atoms with Crippen molar-refractivity contribution in [3.05, 3.63) is 60.7 Å². The summed E-state index contributed by atoms with van der Waals surface area (Å²) in [6, 6.07) is 14.7. The van der Waals surface area contributed by atoms with E-state index in [-0.39, 0.29) is 43.6 Å². The topological polar surface area (TPSA) is 72.5 Å². The first kappa shape index (κ1) is 27.3. The summed E-state index contributed by atoms with van der Waals surface area (Å²) in [7, 11) is 1.61. The summed E-state index contributed by atoms with van der Waals surface area (Å²) >= 11 is 0. The van der Waals surface area contributed by atoms with Crippen molar-refractivity contribution < 1.29 is 33.2 Å². The Morgan fingerprint density at radius 1 is 1.08 bits per heavy atom. The van der Waals surface area contributed by atoms with Gasteiger partial charge in [0, 0.05) is 13.5 Å². The van der Waals surface area contributed by atoms with Crippen LogP contribution in [0.4, 0.5) is 0 Å². The lowest BCUT2D eigenvalue weighted by atomic mass is 9.76. The molecule has 3 fully saturated rings. The van der Waals surface area contributed by atoms with Crippen molar-refractivity contribution in [3.8, 4) is 0 Å². The maximum Gasteiger partial charge on any atom is 0.309 e. The molecule has 2 aromatic carbocycles. The molecule has 0 unspecified atom stereocenters. The van der Waals surface area contributed by atoms with Crippen molar-refractivity contribution in [1.29, 1.82) is 0 Å². The lowest BCUT2D eigenvalue weighted by molar-refractivity contribution is -0.320. The predicted octanol–water partition coefficient (Wildman–Crippen LogP) is 5.48. The average molecular weight is 525 g/mol. The van der Waals surface area contributed by atoms with E-state index in [2.05, 4.69) is 50.8 Å². The second-order valence-electron chi connectivity index (χ2n) is 11.5. The van der Waals surface area contributed by atoms with Gasteiger partial charge in [-0.2, -0.15) is 0 Å². The van der Waals surface area contributed by atoms with Crippen LogP contribution >= 0.6 is 0 Å². The minimum Gasteiger partial charge on any atom is -0.459 e. The van der Waals surface area contributed by atoms with E-state index in [1.807, 2.05) is 25.1 Å². The average Bonchev–Trinajstić information content (AvgIpc) is 3.12. The van der Waals surface area contributed by atoms with Gasteiger partial charge in [0.15, 0.2) is 0 Å². The van der Waals surface area contributed by atoms with Crippen molar-refractivity contribution in [1.82, 2.24) is 0 Å². The zero-order valence-electron chi connectivity index (χ0n) is 22.9. The number of hydrogen-bond donors (Lipinski definition) is 0. The maximum absolute atomic E-state index is 12.1. The predicted molar refractivity (Wildman–Crippen MR) is 144 cm³/mol. The molecule has 206 valence electrons. The molecule has 2 aromatic rings. The van der Waals surface area contributed by atoms with Gasteiger partial charge in [-0.15, -0.1) is 6.58 Å². The Balaban J connectivity index is 1.40. The van der Waals surface area contributed by atoms with E-state index in [1.165, 1.54) is 10.8 Å². The van der Waals surface area contributed by atoms with Crippen LogP contribution in [0.3, 0.4) is 0 Å². The molecule has 0 spiro atoms. The van der Waals surface area contributed by atoms with E-state index in [9.17, 15) is 4.79 Å². The van der Waals surface area contributed by atoms with Gasteiger partial charge in [0.2, 0.25) is 0 Å². The molecular formula is C31H40O7. The van der Waals surface area contributed by atoms with Gasteiger partial charge in [-0.3, -0.25) is 4.79 Å². The highest BCUT2D eigenvalue weighted by Crippen LogP contribution is 2.50. The number of methoxy groups -OCH3 is 1. The third-order valence-electron chi connectivity index (χ3n) is 8.59. The highest BCUT2D eigenvalue weighted by molar-refractivity contribution is 5.82. The fraction of sp³-hybridized carbons (Fsp3) is 0.581. The van der Waals surface area contributed by atoms with Crippen molar-refractivity contribution in [3.63, 3.8) is 0 Å². The maximum atomic E-state index is 12.1.